The lowest BCUT2D eigenvalue weighted by molar-refractivity contribution is -0.121. The second-order valence-corrected chi connectivity index (χ2v) is 8.96. The third kappa shape index (κ3) is 3.10. The van der Waals surface area contributed by atoms with Gasteiger partial charge in [-0.3, -0.25) is 14.5 Å². The number of carbonyl (C=O) groups excluding carboxylic acids is 1. The van der Waals surface area contributed by atoms with Crippen LogP contribution in [0.4, 0.5) is 4.39 Å². The summed E-state index contributed by atoms with van der Waals surface area (Å²) >= 11 is 0. The molecule has 2 aliphatic heterocycles. The molecule has 0 aliphatic carbocycles. The van der Waals surface area contributed by atoms with E-state index < -0.39 is 26.5 Å². The average molecular weight is 380 g/mol. The molecule has 0 unspecified atom stereocenters. The maximum Gasteiger partial charge on any atom is 0.272 e. The van der Waals surface area contributed by atoms with Gasteiger partial charge in [-0.1, -0.05) is 6.07 Å². The van der Waals surface area contributed by atoms with E-state index in [1.165, 1.54) is 15.8 Å². The fourth-order valence-electron chi connectivity index (χ4n) is 3.34. The van der Waals surface area contributed by atoms with E-state index in [0.29, 0.717) is 5.69 Å². The van der Waals surface area contributed by atoms with Gasteiger partial charge in [-0.05, 0) is 12.1 Å². The van der Waals surface area contributed by atoms with Crippen molar-refractivity contribution in [1.29, 1.82) is 0 Å². The Morgan fingerprint density at radius 3 is 2.81 bits per heavy atom. The number of ether oxygens (including phenoxy) is 1. The molecule has 10 heteroatoms. The molecule has 0 bridgehead atoms. The Morgan fingerprint density at radius 2 is 2.19 bits per heavy atom. The molecular formula is C16H17FN4O4S. The van der Waals surface area contributed by atoms with Crippen molar-refractivity contribution in [2.45, 2.75) is 17.4 Å². The predicted octanol–water partition coefficient (Wildman–Crippen LogP) is 0.126. The van der Waals surface area contributed by atoms with E-state index in [-0.39, 0.29) is 37.9 Å². The molecule has 2 aliphatic rings. The van der Waals surface area contributed by atoms with Crippen LogP contribution in [0, 0.1) is 5.82 Å². The number of hydrogen-bond donors (Lipinski definition) is 0. The summed E-state index contributed by atoms with van der Waals surface area (Å²) in [5, 5.41) is 2.99. The number of rotatable bonds is 3. The average Bonchev–Trinajstić information content (AvgIpc) is 2.99. The van der Waals surface area contributed by atoms with Crippen molar-refractivity contribution in [2.24, 2.45) is 0 Å². The van der Waals surface area contributed by atoms with Crippen molar-refractivity contribution >= 4 is 15.7 Å². The quantitative estimate of drug-likeness (QED) is 0.751. The van der Waals surface area contributed by atoms with Crippen LogP contribution in [0.1, 0.15) is 10.5 Å². The topological polar surface area (TPSA) is 94.4 Å². The maximum atomic E-state index is 13.0. The minimum Gasteiger partial charge on any atom is -0.369 e. The Kier molecular flexibility index (Phi) is 4.03. The molecule has 2 saturated heterocycles. The number of nitrogens with zero attached hydrogens (tertiary/aromatic N) is 4. The highest BCUT2D eigenvalue weighted by Gasteiger charge is 2.54. The summed E-state index contributed by atoms with van der Waals surface area (Å²) < 4.78 is 45.3. The fourth-order valence-corrected chi connectivity index (χ4v) is 5.23. The monoisotopic (exact) mass is 380 g/mol. The van der Waals surface area contributed by atoms with Gasteiger partial charge in [0.1, 0.15) is 16.5 Å². The van der Waals surface area contributed by atoms with Crippen molar-refractivity contribution in [3.8, 4) is 0 Å². The van der Waals surface area contributed by atoms with E-state index in [1.54, 1.807) is 18.2 Å². The van der Waals surface area contributed by atoms with Crippen molar-refractivity contribution < 1.29 is 22.3 Å². The standard InChI is InChI=1S/C16H17FN4O4S/c17-12-5-19-21(6-12)7-13-8-25-16(11-26(13,23)24)9-20(10-16)15(22)14-3-1-2-4-18-14/h1-6,13H,7-11H2/t13-/m0/s1. The van der Waals surface area contributed by atoms with Gasteiger partial charge in [-0.2, -0.15) is 5.10 Å². The molecule has 2 fully saturated rings. The number of likely N-dealkylation sites (tertiary alicyclic amines) is 1. The first-order valence-corrected chi connectivity index (χ1v) is 9.82. The van der Waals surface area contributed by atoms with Crippen LogP contribution in [-0.2, 0) is 21.1 Å². The number of aromatic nitrogens is 3. The molecule has 1 amide bonds. The fraction of sp³-hybridized carbons (Fsp3) is 0.438. The minimum atomic E-state index is -3.46. The Labute approximate surface area is 149 Å². The molecule has 2 aromatic heterocycles. The zero-order chi connectivity index (χ0) is 18.4. The van der Waals surface area contributed by atoms with Gasteiger partial charge < -0.3 is 9.64 Å². The van der Waals surface area contributed by atoms with Crippen molar-refractivity contribution in [1.82, 2.24) is 19.7 Å². The third-order valence-electron chi connectivity index (χ3n) is 4.67. The number of amides is 1. The van der Waals surface area contributed by atoms with Crippen LogP contribution in [0.2, 0.25) is 0 Å². The second-order valence-electron chi connectivity index (χ2n) is 6.68. The van der Waals surface area contributed by atoms with E-state index in [4.69, 9.17) is 4.74 Å². The highest BCUT2D eigenvalue weighted by Crippen LogP contribution is 2.33. The van der Waals surface area contributed by atoms with E-state index in [9.17, 15) is 17.6 Å². The van der Waals surface area contributed by atoms with Gasteiger partial charge in [0.05, 0.1) is 44.4 Å². The van der Waals surface area contributed by atoms with Gasteiger partial charge in [-0.25, -0.2) is 12.8 Å². The maximum absolute atomic E-state index is 13.0. The number of halogens is 1. The van der Waals surface area contributed by atoms with Crippen LogP contribution in [0.5, 0.6) is 0 Å². The molecule has 26 heavy (non-hydrogen) atoms. The highest BCUT2D eigenvalue weighted by atomic mass is 32.2. The number of carbonyl (C=O) groups is 1. The van der Waals surface area contributed by atoms with Gasteiger partial charge in [0, 0.05) is 6.20 Å². The van der Waals surface area contributed by atoms with Crippen LogP contribution in [-0.4, -0.2) is 70.3 Å². The smallest absolute Gasteiger partial charge is 0.272 e. The molecule has 4 heterocycles. The summed E-state index contributed by atoms with van der Waals surface area (Å²) in [7, 11) is -3.46. The molecule has 138 valence electrons. The summed E-state index contributed by atoms with van der Waals surface area (Å²) in [6.07, 6.45) is 3.72. The molecule has 8 nitrogen and oxygen atoms in total. The lowest BCUT2D eigenvalue weighted by Gasteiger charge is -2.51. The summed E-state index contributed by atoms with van der Waals surface area (Å²) in [5.74, 6) is -0.926. The normalized spacial score (nSPS) is 23.6. The summed E-state index contributed by atoms with van der Waals surface area (Å²) in [6.45, 7) is 0.462. The lowest BCUT2D eigenvalue weighted by atomic mass is 9.95. The molecule has 1 atom stereocenters. The highest BCUT2D eigenvalue weighted by molar-refractivity contribution is 7.92. The van der Waals surface area contributed by atoms with Gasteiger partial charge >= 0.3 is 0 Å². The van der Waals surface area contributed by atoms with E-state index in [0.717, 1.165) is 12.4 Å². The Balaban J connectivity index is 1.40. The number of pyridine rings is 1. The van der Waals surface area contributed by atoms with Crippen LogP contribution in [0.25, 0.3) is 0 Å². The van der Waals surface area contributed by atoms with Gasteiger partial charge in [0.2, 0.25) is 0 Å². The number of sulfone groups is 1. The number of hydrogen-bond acceptors (Lipinski definition) is 6. The molecule has 4 rings (SSSR count). The first-order chi connectivity index (χ1) is 12.4. The molecule has 2 aromatic rings. The zero-order valence-corrected chi connectivity index (χ0v) is 14.6. The SMILES string of the molecule is O=C(c1ccccn1)N1CC2(C1)CS(=O)(=O)[C@@H](Cn1cc(F)cn1)CO2. The van der Waals surface area contributed by atoms with Crippen LogP contribution in [0.15, 0.2) is 36.8 Å². The Morgan fingerprint density at radius 1 is 1.38 bits per heavy atom. The lowest BCUT2D eigenvalue weighted by Crippen LogP contribution is -2.70. The molecular weight excluding hydrogens is 363 g/mol. The predicted molar refractivity (Wildman–Crippen MR) is 88.6 cm³/mol. The Bertz CT molecular complexity index is 925. The van der Waals surface area contributed by atoms with Crippen LogP contribution < -0.4 is 0 Å². The van der Waals surface area contributed by atoms with Gasteiger partial charge in [0.25, 0.3) is 5.91 Å². The van der Waals surface area contributed by atoms with Crippen LogP contribution >= 0.6 is 0 Å². The van der Waals surface area contributed by atoms with Crippen molar-refractivity contribution in [2.75, 3.05) is 25.4 Å². The Hall–Kier alpha value is -2.33. The third-order valence-corrected chi connectivity index (χ3v) is 6.90. The molecule has 0 saturated carbocycles. The summed E-state index contributed by atoms with van der Waals surface area (Å²) in [5.41, 5.74) is -0.547. The molecule has 1 spiro atoms. The van der Waals surface area contributed by atoms with E-state index >= 15 is 0 Å². The van der Waals surface area contributed by atoms with Crippen molar-refractivity contribution in [3.63, 3.8) is 0 Å². The molecule has 0 aromatic carbocycles. The van der Waals surface area contributed by atoms with Gasteiger partial charge in [0.15, 0.2) is 15.7 Å². The zero-order valence-electron chi connectivity index (χ0n) is 13.8. The molecule has 0 N–H and O–H groups in total. The summed E-state index contributed by atoms with van der Waals surface area (Å²) in [4.78, 5) is 17.9. The van der Waals surface area contributed by atoms with E-state index in [2.05, 4.69) is 10.1 Å². The first kappa shape index (κ1) is 17.1. The van der Waals surface area contributed by atoms with Crippen molar-refractivity contribution in [3.05, 3.63) is 48.3 Å². The largest absolute Gasteiger partial charge is 0.369 e. The van der Waals surface area contributed by atoms with Crippen LogP contribution in [0.3, 0.4) is 0 Å². The molecule has 0 radical (unpaired) electrons. The minimum absolute atomic E-state index is 0.00453. The van der Waals surface area contributed by atoms with E-state index in [1.807, 2.05) is 0 Å². The van der Waals surface area contributed by atoms with Gasteiger partial charge in [-0.15, -0.1) is 0 Å². The first-order valence-electron chi connectivity index (χ1n) is 8.11. The summed E-state index contributed by atoms with van der Waals surface area (Å²) in [6, 6.07) is 5.06. The second kappa shape index (κ2) is 6.13.